The Labute approximate surface area is 145 Å². The van der Waals surface area contributed by atoms with Gasteiger partial charge in [0.25, 0.3) is 0 Å². The van der Waals surface area contributed by atoms with Crippen LogP contribution in [0, 0.1) is 0 Å². The minimum Gasteiger partial charge on any atom is -0.507 e. The van der Waals surface area contributed by atoms with E-state index in [1.54, 1.807) is 24.3 Å². The Kier molecular flexibility index (Phi) is 3.76. The Hall–Kier alpha value is -2.70. The quantitative estimate of drug-likeness (QED) is 0.582. The van der Waals surface area contributed by atoms with Gasteiger partial charge in [0.15, 0.2) is 9.66 Å². The second-order valence-corrected chi connectivity index (χ2v) is 7.14. The SMILES string of the molecule is Oc1ccccc1C=c1nc2sc(=Cc3ccccc3O)nc2s1. The smallest absolute Gasteiger partial charge is 0.155 e. The lowest BCUT2D eigenvalue weighted by Crippen LogP contribution is -1.99. The first kappa shape index (κ1) is 14.9. The lowest BCUT2D eigenvalue weighted by molar-refractivity contribution is 0.473. The Morgan fingerprint density at radius 2 is 1.08 bits per heavy atom. The van der Waals surface area contributed by atoms with Crippen molar-refractivity contribution in [2.24, 2.45) is 0 Å². The van der Waals surface area contributed by atoms with Crippen molar-refractivity contribution in [3.05, 3.63) is 69.0 Å². The second kappa shape index (κ2) is 6.07. The van der Waals surface area contributed by atoms with E-state index in [2.05, 4.69) is 9.97 Å². The molecular formula is C18H12N2O2S2. The molecule has 2 aromatic heterocycles. The van der Waals surface area contributed by atoms with Crippen molar-refractivity contribution in [2.75, 3.05) is 0 Å². The van der Waals surface area contributed by atoms with Crippen LogP contribution in [0.5, 0.6) is 11.5 Å². The zero-order valence-electron chi connectivity index (χ0n) is 12.4. The van der Waals surface area contributed by atoms with Gasteiger partial charge in [0.05, 0.1) is 0 Å². The first-order valence-corrected chi connectivity index (χ1v) is 8.85. The van der Waals surface area contributed by atoms with Crippen LogP contribution in [0.3, 0.4) is 0 Å². The maximum absolute atomic E-state index is 9.84. The molecule has 0 aliphatic carbocycles. The van der Waals surface area contributed by atoms with Crippen LogP contribution in [0.25, 0.3) is 21.8 Å². The van der Waals surface area contributed by atoms with Crippen LogP contribution in [0.4, 0.5) is 0 Å². The molecule has 2 N–H and O–H groups in total. The van der Waals surface area contributed by atoms with E-state index < -0.39 is 0 Å². The van der Waals surface area contributed by atoms with E-state index in [-0.39, 0.29) is 11.5 Å². The zero-order valence-corrected chi connectivity index (χ0v) is 14.0. The summed E-state index contributed by atoms with van der Waals surface area (Å²) in [5, 5.41) is 19.7. The molecule has 0 saturated carbocycles. The van der Waals surface area contributed by atoms with Crippen LogP contribution in [0.1, 0.15) is 11.1 Å². The van der Waals surface area contributed by atoms with E-state index in [4.69, 9.17) is 0 Å². The maximum Gasteiger partial charge on any atom is 0.155 e. The summed E-state index contributed by atoms with van der Waals surface area (Å²) in [5.41, 5.74) is 1.47. The van der Waals surface area contributed by atoms with Crippen LogP contribution in [-0.2, 0) is 0 Å². The number of rotatable bonds is 2. The van der Waals surface area contributed by atoms with Gasteiger partial charge < -0.3 is 10.2 Å². The van der Waals surface area contributed by atoms with E-state index in [0.29, 0.717) is 0 Å². The minimum absolute atomic E-state index is 0.234. The van der Waals surface area contributed by atoms with Gasteiger partial charge in [-0.3, -0.25) is 0 Å². The number of hydrogen-bond acceptors (Lipinski definition) is 6. The van der Waals surface area contributed by atoms with E-state index in [1.807, 2.05) is 36.4 Å². The number of fused-ring (bicyclic) bond motifs is 1. The third-order valence-corrected chi connectivity index (χ3v) is 5.36. The van der Waals surface area contributed by atoms with Crippen LogP contribution < -0.4 is 9.33 Å². The molecule has 0 fully saturated rings. The van der Waals surface area contributed by atoms with Crippen molar-refractivity contribution in [3.63, 3.8) is 0 Å². The molecule has 0 aliphatic rings. The lowest BCUT2D eigenvalue weighted by atomic mass is 10.2. The maximum atomic E-state index is 9.84. The van der Waals surface area contributed by atoms with Gasteiger partial charge in [-0.1, -0.05) is 59.1 Å². The summed E-state index contributed by atoms with van der Waals surface area (Å²) < 4.78 is 1.61. The van der Waals surface area contributed by atoms with Gasteiger partial charge >= 0.3 is 0 Å². The van der Waals surface area contributed by atoms with Gasteiger partial charge in [-0.15, -0.1) is 0 Å². The van der Waals surface area contributed by atoms with Crippen molar-refractivity contribution in [3.8, 4) is 11.5 Å². The van der Waals surface area contributed by atoms with Gasteiger partial charge in [0.1, 0.15) is 20.8 Å². The average molecular weight is 352 g/mol. The number of aromatic nitrogens is 2. The summed E-state index contributed by atoms with van der Waals surface area (Å²) in [6.07, 6.45) is 3.70. The highest BCUT2D eigenvalue weighted by Crippen LogP contribution is 2.19. The summed E-state index contributed by atoms with van der Waals surface area (Å²) in [6.45, 7) is 0. The summed E-state index contributed by atoms with van der Waals surface area (Å²) in [6, 6.07) is 14.3. The monoisotopic (exact) mass is 352 g/mol. The predicted molar refractivity (Wildman–Crippen MR) is 97.9 cm³/mol. The molecule has 6 heteroatoms. The summed E-state index contributed by atoms with van der Waals surface area (Å²) in [4.78, 5) is 10.8. The number of thiazole rings is 2. The Morgan fingerprint density at radius 1 is 0.667 bits per heavy atom. The molecule has 0 spiro atoms. The van der Waals surface area contributed by atoms with Crippen LogP contribution in [0.15, 0.2) is 48.5 Å². The second-order valence-electron chi connectivity index (χ2n) is 5.12. The molecular weight excluding hydrogens is 340 g/mol. The highest BCUT2D eigenvalue weighted by molar-refractivity contribution is 7.24. The molecule has 0 atom stereocenters. The van der Waals surface area contributed by atoms with Crippen molar-refractivity contribution in [2.45, 2.75) is 0 Å². The van der Waals surface area contributed by atoms with E-state index in [9.17, 15) is 10.2 Å². The number of para-hydroxylation sites is 2. The topological polar surface area (TPSA) is 66.2 Å². The number of phenols is 2. The number of hydrogen-bond donors (Lipinski definition) is 2. The summed E-state index contributed by atoms with van der Waals surface area (Å²) in [5.74, 6) is 0.468. The number of benzene rings is 2. The molecule has 0 amide bonds. The standard InChI is InChI=1S/C18H12N2O2S2/c21-13-7-3-1-5-11(13)9-15-19-17-18(23-15)20-16(24-17)10-12-6-2-4-8-14(12)22/h1-10,21-22H. The Balaban J connectivity index is 1.76. The first-order valence-electron chi connectivity index (χ1n) is 7.22. The Bertz CT molecular complexity index is 1020. The van der Waals surface area contributed by atoms with E-state index in [1.165, 1.54) is 22.7 Å². The largest absolute Gasteiger partial charge is 0.507 e. The fourth-order valence-corrected chi connectivity index (χ4v) is 4.24. The number of phenolic OH excluding ortho intramolecular Hbond substituents is 2. The molecule has 0 unspecified atom stereocenters. The molecule has 0 radical (unpaired) electrons. The molecule has 2 heterocycles. The van der Waals surface area contributed by atoms with Crippen molar-refractivity contribution >= 4 is 44.5 Å². The molecule has 4 rings (SSSR count). The fraction of sp³-hybridized carbons (Fsp3) is 0. The summed E-state index contributed by atoms with van der Waals surface area (Å²) in [7, 11) is 0. The van der Waals surface area contributed by atoms with Crippen LogP contribution in [0.2, 0.25) is 0 Å². The fourth-order valence-electron chi connectivity index (χ4n) is 2.28. The van der Waals surface area contributed by atoms with Crippen LogP contribution in [-0.4, -0.2) is 20.2 Å². The molecule has 0 bridgehead atoms. The molecule has 2 aromatic carbocycles. The summed E-state index contributed by atoms with van der Waals surface area (Å²) >= 11 is 2.95. The third kappa shape index (κ3) is 2.89. The Morgan fingerprint density at radius 3 is 1.50 bits per heavy atom. The zero-order chi connectivity index (χ0) is 16.5. The molecule has 4 aromatic rings. The van der Waals surface area contributed by atoms with Gasteiger partial charge in [-0.05, 0) is 24.3 Å². The molecule has 4 nitrogen and oxygen atoms in total. The predicted octanol–water partition coefficient (Wildman–Crippen LogP) is 2.82. The van der Waals surface area contributed by atoms with Crippen molar-refractivity contribution in [1.82, 2.24) is 9.97 Å². The average Bonchev–Trinajstić information content (AvgIpc) is 3.10. The van der Waals surface area contributed by atoms with Gasteiger partial charge in [-0.25, -0.2) is 9.97 Å². The molecule has 0 saturated heterocycles. The van der Waals surface area contributed by atoms with Crippen LogP contribution >= 0.6 is 22.7 Å². The molecule has 118 valence electrons. The first-order chi connectivity index (χ1) is 11.7. The molecule has 24 heavy (non-hydrogen) atoms. The molecule has 0 aliphatic heterocycles. The highest BCUT2D eigenvalue weighted by Gasteiger charge is 2.05. The lowest BCUT2D eigenvalue weighted by Gasteiger charge is -1.95. The van der Waals surface area contributed by atoms with Crippen molar-refractivity contribution < 1.29 is 10.2 Å². The van der Waals surface area contributed by atoms with E-state index >= 15 is 0 Å². The van der Waals surface area contributed by atoms with E-state index in [0.717, 1.165) is 30.1 Å². The van der Waals surface area contributed by atoms with Gasteiger partial charge in [-0.2, -0.15) is 0 Å². The van der Waals surface area contributed by atoms with Gasteiger partial charge in [0.2, 0.25) is 0 Å². The highest BCUT2D eigenvalue weighted by atomic mass is 32.1. The van der Waals surface area contributed by atoms with Gasteiger partial charge in [0, 0.05) is 11.1 Å². The van der Waals surface area contributed by atoms with Crippen molar-refractivity contribution in [1.29, 1.82) is 0 Å². The third-order valence-electron chi connectivity index (χ3n) is 3.44. The number of aromatic hydroxyl groups is 2. The number of nitrogens with zero attached hydrogens (tertiary/aromatic N) is 2. The normalized spacial score (nSPS) is 13.0. The minimum atomic E-state index is 0.234.